The zero-order chi connectivity index (χ0) is 20.2. The largest absolute Gasteiger partial charge is 0.507 e. The molecule has 29 heavy (non-hydrogen) atoms. The Labute approximate surface area is 171 Å². The summed E-state index contributed by atoms with van der Waals surface area (Å²) >= 11 is 0. The highest BCUT2D eigenvalue weighted by atomic mass is 16.3. The van der Waals surface area contributed by atoms with Crippen molar-refractivity contribution in [3.05, 3.63) is 42.0 Å². The minimum atomic E-state index is -0.0976. The molecule has 0 unspecified atom stereocenters. The van der Waals surface area contributed by atoms with Gasteiger partial charge in [-0.2, -0.15) is 0 Å². The van der Waals surface area contributed by atoms with Crippen molar-refractivity contribution in [2.75, 3.05) is 11.9 Å². The SMILES string of the molecule is CN(c1ccc(-c2ccc(/C=C/C(=O)NC3CC3)cc2O)nn1)C1CCCCC1. The normalized spacial score (nSPS) is 17.4. The first kappa shape index (κ1) is 19.4. The predicted molar refractivity (Wildman–Crippen MR) is 115 cm³/mol. The van der Waals surface area contributed by atoms with Gasteiger partial charge in [-0.3, -0.25) is 4.79 Å². The van der Waals surface area contributed by atoms with Crippen molar-refractivity contribution >= 4 is 17.8 Å². The third kappa shape index (κ3) is 4.94. The van der Waals surface area contributed by atoms with Gasteiger partial charge in [0.25, 0.3) is 0 Å². The van der Waals surface area contributed by atoms with Crippen LogP contribution in [-0.4, -0.2) is 40.3 Å². The number of rotatable bonds is 6. The van der Waals surface area contributed by atoms with E-state index in [0.717, 1.165) is 24.2 Å². The highest BCUT2D eigenvalue weighted by Crippen LogP contribution is 2.30. The molecule has 0 spiro atoms. The number of aromatic nitrogens is 2. The first-order valence-electron chi connectivity index (χ1n) is 10.5. The van der Waals surface area contributed by atoms with Crippen molar-refractivity contribution in [3.8, 4) is 17.0 Å². The maximum atomic E-state index is 11.8. The molecule has 2 N–H and O–H groups in total. The molecule has 0 saturated heterocycles. The summed E-state index contributed by atoms with van der Waals surface area (Å²) in [5, 5.41) is 22.1. The number of aromatic hydroxyl groups is 1. The number of phenols is 1. The summed E-state index contributed by atoms with van der Waals surface area (Å²) in [6, 6.07) is 10.0. The molecule has 4 rings (SSSR count). The van der Waals surface area contributed by atoms with Gasteiger partial charge < -0.3 is 15.3 Å². The van der Waals surface area contributed by atoms with Crippen LogP contribution < -0.4 is 10.2 Å². The molecule has 2 saturated carbocycles. The average molecular weight is 393 g/mol. The number of anilines is 1. The van der Waals surface area contributed by atoms with E-state index in [-0.39, 0.29) is 11.7 Å². The van der Waals surface area contributed by atoms with Crippen LogP contribution in [0.25, 0.3) is 17.3 Å². The van der Waals surface area contributed by atoms with E-state index >= 15 is 0 Å². The molecule has 1 aromatic carbocycles. The molecule has 1 heterocycles. The molecular weight excluding hydrogens is 364 g/mol. The number of hydrogen-bond acceptors (Lipinski definition) is 5. The van der Waals surface area contributed by atoms with E-state index in [1.54, 1.807) is 12.1 Å². The maximum absolute atomic E-state index is 11.8. The fourth-order valence-electron chi connectivity index (χ4n) is 3.83. The Kier molecular flexibility index (Phi) is 5.79. The second-order valence-corrected chi connectivity index (χ2v) is 8.07. The minimum Gasteiger partial charge on any atom is -0.507 e. The fourth-order valence-corrected chi connectivity index (χ4v) is 3.83. The number of carbonyl (C=O) groups excluding carboxylic acids is 1. The first-order chi connectivity index (χ1) is 14.1. The van der Waals surface area contributed by atoms with E-state index < -0.39 is 0 Å². The molecule has 2 aliphatic rings. The average Bonchev–Trinajstić information content (AvgIpc) is 3.56. The summed E-state index contributed by atoms with van der Waals surface area (Å²) < 4.78 is 0. The van der Waals surface area contributed by atoms with Crippen LogP contribution in [0.3, 0.4) is 0 Å². The van der Waals surface area contributed by atoms with Crippen molar-refractivity contribution in [3.63, 3.8) is 0 Å². The number of hydrogen-bond donors (Lipinski definition) is 2. The van der Waals surface area contributed by atoms with E-state index in [1.807, 2.05) is 24.3 Å². The summed E-state index contributed by atoms with van der Waals surface area (Å²) in [5.74, 6) is 0.887. The lowest BCUT2D eigenvalue weighted by molar-refractivity contribution is -0.116. The summed E-state index contributed by atoms with van der Waals surface area (Å²) in [4.78, 5) is 14.0. The number of nitrogens with one attached hydrogen (secondary N) is 1. The molecule has 1 aromatic heterocycles. The van der Waals surface area contributed by atoms with Crippen LogP contribution in [-0.2, 0) is 4.79 Å². The topological polar surface area (TPSA) is 78.4 Å². The van der Waals surface area contributed by atoms with Crippen molar-refractivity contribution in [1.29, 1.82) is 0 Å². The van der Waals surface area contributed by atoms with E-state index in [2.05, 4.69) is 27.5 Å². The lowest BCUT2D eigenvalue weighted by Gasteiger charge is -2.31. The Balaban J connectivity index is 1.43. The quantitative estimate of drug-likeness (QED) is 0.729. The number of nitrogens with zero attached hydrogens (tertiary/aromatic N) is 3. The molecule has 2 fully saturated rings. The zero-order valence-corrected chi connectivity index (χ0v) is 16.8. The maximum Gasteiger partial charge on any atom is 0.244 e. The smallest absolute Gasteiger partial charge is 0.244 e. The van der Waals surface area contributed by atoms with Gasteiger partial charge in [-0.05, 0) is 61.6 Å². The Morgan fingerprint density at radius 2 is 1.90 bits per heavy atom. The fraction of sp³-hybridized carbons (Fsp3) is 0.435. The molecule has 6 heteroatoms. The second-order valence-electron chi connectivity index (χ2n) is 8.07. The number of phenolic OH excluding ortho intramolecular Hbond substituents is 1. The van der Waals surface area contributed by atoms with Crippen LogP contribution in [0.5, 0.6) is 5.75 Å². The second kappa shape index (κ2) is 8.64. The summed E-state index contributed by atoms with van der Waals surface area (Å²) in [6.07, 6.45) is 11.6. The van der Waals surface area contributed by atoms with Gasteiger partial charge in [-0.25, -0.2) is 0 Å². The van der Waals surface area contributed by atoms with Crippen LogP contribution in [0.2, 0.25) is 0 Å². The van der Waals surface area contributed by atoms with Crippen molar-refractivity contribution in [2.45, 2.75) is 57.0 Å². The van der Waals surface area contributed by atoms with Crippen LogP contribution in [0, 0.1) is 0 Å². The summed E-state index contributed by atoms with van der Waals surface area (Å²) in [5.41, 5.74) is 2.02. The van der Waals surface area contributed by atoms with E-state index in [0.29, 0.717) is 23.3 Å². The molecule has 0 bridgehead atoms. The number of benzene rings is 1. The summed E-state index contributed by atoms with van der Waals surface area (Å²) in [7, 11) is 2.08. The molecular formula is C23H28N4O2. The van der Waals surface area contributed by atoms with Gasteiger partial charge in [0.15, 0.2) is 5.82 Å². The molecule has 1 amide bonds. The van der Waals surface area contributed by atoms with Crippen LogP contribution >= 0.6 is 0 Å². The van der Waals surface area contributed by atoms with Gasteiger partial charge in [0, 0.05) is 30.8 Å². The van der Waals surface area contributed by atoms with Gasteiger partial charge in [-0.1, -0.05) is 25.3 Å². The molecule has 0 aliphatic heterocycles. The molecule has 0 radical (unpaired) electrons. The summed E-state index contributed by atoms with van der Waals surface area (Å²) in [6.45, 7) is 0. The highest BCUT2D eigenvalue weighted by molar-refractivity contribution is 5.92. The highest BCUT2D eigenvalue weighted by Gasteiger charge is 2.22. The molecule has 6 nitrogen and oxygen atoms in total. The Morgan fingerprint density at radius 3 is 2.55 bits per heavy atom. The number of amides is 1. The van der Waals surface area contributed by atoms with Crippen molar-refractivity contribution in [1.82, 2.24) is 15.5 Å². The molecule has 0 atom stereocenters. The molecule has 2 aliphatic carbocycles. The lowest BCUT2D eigenvalue weighted by atomic mass is 9.94. The van der Waals surface area contributed by atoms with E-state index in [9.17, 15) is 9.90 Å². The van der Waals surface area contributed by atoms with Crippen LogP contribution in [0.15, 0.2) is 36.4 Å². The first-order valence-corrected chi connectivity index (χ1v) is 10.5. The Bertz CT molecular complexity index is 884. The van der Waals surface area contributed by atoms with Crippen LogP contribution in [0.1, 0.15) is 50.5 Å². The lowest BCUT2D eigenvalue weighted by Crippen LogP contribution is -2.34. The van der Waals surface area contributed by atoms with Gasteiger partial charge >= 0.3 is 0 Å². The van der Waals surface area contributed by atoms with Crippen molar-refractivity contribution in [2.24, 2.45) is 0 Å². The molecule has 2 aromatic rings. The zero-order valence-electron chi connectivity index (χ0n) is 16.8. The standard InChI is InChI=1S/C23H28N4O2/c1-27(18-5-3-2-4-6-18)22-13-12-20(25-26-22)19-11-7-16(15-21(19)28)8-14-23(29)24-17-9-10-17/h7-8,11-15,17-18,28H,2-6,9-10H2,1H3,(H,24,29)/b14-8+. The predicted octanol–water partition coefficient (Wildman–Crippen LogP) is 3.91. The molecule has 152 valence electrons. The van der Waals surface area contributed by atoms with Gasteiger partial charge in [-0.15, -0.1) is 10.2 Å². The van der Waals surface area contributed by atoms with E-state index in [1.165, 1.54) is 38.2 Å². The number of carbonyl (C=O) groups is 1. The Hall–Kier alpha value is -2.89. The third-order valence-electron chi connectivity index (χ3n) is 5.78. The van der Waals surface area contributed by atoms with Crippen LogP contribution in [0.4, 0.5) is 5.82 Å². The van der Waals surface area contributed by atoms with E-state index in [4.69, 9.17) is 0 Å². The van der Waals surface area contributed by atoms with Gasteiger partial charge in [0.05, 0.1) is 5.69 Å². The van der Waals surface area contributed by atoms with Crippen molar-refractivity contribution < 1.29 is 9.90 Å². The third-order valence-corrected chi connectivity index (χ3v) is 5.78. The van der Waals surface area contributed by atoms with Gasteiger partial charge in [0.2, 0.25) is 5.91 Å². The monoisotopic (exact) mass is 392 g/mol. The Morgan fingerprint density at radius 1 is 1.10 bits per heavy atom. The minimum absolute atomic E-state index is 0.0976. The van der Waals surface area contributed by atoms with Gasteiger partial charge in [0.1, 0.15) is 5.75 Å².